The third-order valence-electron chi connectivity index (χ3n) is 2.77. The van der Waals surface area contributed by atoms with Crippen LogP contribution in [0, 0.1) is 10.1 Å². The summed E-state index contributed by atoms with van der Waals surface area (Å²) in [5.74, 6) is 2.28. The van der Waals surface area contributed by atoms with E-state index in [0.29, 0.717) is 11.7 Å². The van der Waals surface area contributed by atoms with E-state index in [4.69, 9.17) is 5.73 Å². The third-order valence-corrected chi connectivity index (χ3v) is 3.98. The van der Waals surface area contributed by atoms with Gasteiger partial charge in [0.15, 0.2) is 0 Å². The molecule has 0 aromatic heterocycles. The van der Waals surface area contributed by atoms with Crippen molar-refractivity contribution < 1.29 is 4.92 Å². The molecule has 1 fully saturated rings. The number of non-ortho nitro benzene ring substituents is 1. The minimum absolute atomic E-state index is 0.0334. The summed E-state index contributed by atoms with van der Waals surface area (Å²) in [4.78, 5) is 10.1. The fourth-order valence-electron chi connectivity index (χ4n) is 1.87. The van der Waals surface area contributed by atoms with Crippen LogP contribution in [0.5, 0.6) is 0 Å². The topological polar surface area (TPSA) is 81.2 Å². The molecular weight excluding hydrogens is 238 g/mol. The predicted octanol–water partition coefficient (Wildman–Crippen LogP) is 2.48. The highest BCUT2D eigenvalue weighted by atomic mass is 32.2. The molecule has 1 aliphatic rings. The summed E-state index contributed by atoms with van der Waals surface area (Å²) in [5.41, 5.74) is 7.07. The van der Waals surface area contributed by atoms with Gasteiger partial charge >= 0.3 is 0 Å². The molecule has 0 amide bonds. The summed E-state index contributed by atoms with van der Waals surface area (Å²) in [7, 11) is 0. The second kappa shape index (κ2) is 5.27. The second-order valence-electron chi connectivity index (χ2n) is 4.09. The van der Waals surface area contributed by atoms with Gasteiger partial charge in [-0.3, -0.25) is 10.1 Å². The third kappa shape index (κ3) is 3.03. The molecule has 3 N–H and O–H groups in total. The zero-order chi connectivity index (χ0) is 12.3. The van der Waals surface area contributed by atoms with Crippen LogP contribution in [0.3, 0.4) is 0 Å². The summed E-state index contributed by atoms with van der Waals surface area (Å²) in [6.07, 6.45) is 2.33. The summed E-state index contributed by atoms with van der Waals surface area (Å²) in [6, 6.07) is 4.98. The molecule has 6 heteroatoms. The first-order valence-electron chi connectivity index (χ1n) is 5.55. The van der Waals surface area contributed by atoms with E-state index >= 15 is 0 Å². The van der Waals surface area contributed by atoms with Crippen LogP contribution in [0.4, 0.5) is 17.1 Å². The van der Waals surface area contributed by atoms with E-state index in [1.165, 1.54) is 24.3 Å². The highest BCUT2D eigenvalue weighted by molar-refractivity contribution is 7.99. The fraction of sp³-hybridized carbons (Fsp3) is 0.455. The quantitative estimate of drug-likeness (QED) is 0.491. The zero-order valence-corrected chi connectivity index (χ0v) is 10.2. The molecule has 17 heavy (non-hydrogen) atoms. The van der Waals surface area contributed by atoms with E-state index in [0.717, 1.165) is 17.9 Å². The highest BCUT2D eigenvalue weighted by Gasteiger charge is 2.15. The number of hydrogen-bond donors (Lipinski definition) is 2. The Labute approximate surface area is 104 Å². The number of anilines is 2. The van der Waals surface area contributed by atoms with Gasteiger partial charge in [-0.15, -0.1) is 0 Å². The Morgan fingerprint density at radius 2 is 2.35 bits per heavy atom. The van der Waals surface area contributed by atoms with E-state index in [9.17, 15) is 10.1 Å². The maximum Gasteiger partial charge on any atom is 0.271 e. The number of thioether (sulfide) groups is 1. The van der Waals surface area contributed by atoms with Gasteiger partial charge in [-0.2, -0.15) is 11.8 Å². The van der Waals surface area contributed by atoms with E-state index in [2.05, 4.69) is 5.32 Å². The summed E-state index contributed by atoms with van der Waals surface area (Å²) in [5, 5.41) is 13.9. The molecule has 0 saturated carbocycles. The first-order valence-corrected chi connectivity index (χ1v) is 6.70. The smallest absolute Gasteiger partial charge is 0.271 e. The van der Waals surface area contributed by atoms with Gasteiger partial charge in [0.2, 0.25) is 0 Å². The van der Waals surface area contributed by atoms with Crippen molar-refractivity contribution in [2.45, 2.75) is 18.9 Å². The van der Waals surface area contributed by atoms with Crippen molar-refractivity contribution in [3.05, 3.63) is 28.3 Å². The summed E-state index contributed by atoms with van der Waals surface area (Å²) < 4.78 is 0. The fourth-order valence-corrected chi connectivity index (χ4v) is 2.94. The van der Waals surface area contributed by atoms with E-state index in [1.807, 2.05) is 11.8 Å². The molecule has 1 aromatic rings. The van der Waals surface area contributed by atoms with Crippen LogP contribution in [0.25, 0.3) is 0 Å². The summed E-state index contributed by atoms with van der Waals surface area (Å²) >= 11 is 1.92. The zero-order valence-electron chi connectivity index (χ0n) is 9.39. The Bertz CT molecular complexity index is 419. The van der Waals surface area contributed by atoms with Crippen molar-refractivity contribution in [2.75, 3.05) is 22.6 Å². The van der Waals surface area contributed by atoms with Crippen molar-refractivity contribution in [1.82, 2.24) is 0 Å². The lowest BCUT2D eigenvalue weighted by Crippen LogP contribution is -2.26. The monoisotopic (exact) mass is 253 g/mol. The molecule has 92 valence electrons. The van der Waals surface area contributed by atoms with Gasteiger partial charge in [0.05, 0.1) is 16.3 Å². The number of nitrogens with zero attached hydrogens (tertiary/aromatic N) is 1. The SMILES string of the molecule is Nc1cc([N+](=O)[O-])ccc1NC1CCCSC1. The van der Waals surface area contributed by atoms with Crippen LogP contribution in [0.2, 0.25) is 0 Å². The van der Waals surface area contributed by atoms with E-state index < -0.39 is 4.92 Å². The highest BCUT2D eigenvalue weighted by Crippen LogP contribution is 2.27. The Hall–Kier alpha value is -1.43. The number of rotatable bonds is 3. The van der Waals surface area contributed by atoms with Gasteiger partial charge in [0, 0.05) is 23.9 Å². The van der Waals surface area contributed by atoms with Crippen molar-refractivity contribution in [1.29, 1.82) is 0 Å². The molecule has 0 radical (unpaired) electrons. The molecule has 1 saturated heterocycles. The van der Waals surface area contributed by atoms with Crippen LogP contribution in [0.15, 0.2) is 18.2 Å². The first-order chi connectivity index (χ1) is 8.16. The molecule has 1 aliphatic heterocycles. The van der Waals surface area contributed by atoms with Gasteiger partial charge in [0.25, 0.3) is 5.69 Å². The molecular formula is C11H15N3O2S. The average Bonchev–Trinajstić information content (AvgIpc) is 2.33. The molecule has 0 spiro atoms. The molecule has 0 bridgehead atoms. The first kappa shape index (κ1) is 12.0. The largest absolute Gasteiger partial charge is 0.397 e. The minimum atomic E-state index is -0.434. The van der Waals surface area contributed by atoms with Gasteiger partial charge in [-0.05, 0) is 24.7 Å². The van der Waals surface area contributed by atoms with Crippen molar-refractivity contribution in [2.24, 2.45) is 0 Å². The molecule has 1 heterocycles. The number of nitrogens with one attached hydrogen (secondary N) is 1. The molecule has 1 atom stereocenters. The van der Waals surface area contributed by atoms with Gasteiger partial charge < -0.3 is 11.1 Å². The van der Waals surface area contributed by atoms with Gasteiger partial charge in [0.1, 0.15) is 0 Å². The second-order valence-corrected chi connectivity index (χ2v) is 5.24. The number of nitro benzene ring substituents is 1. The molecule has 0 aliphatic carbocycles. The Kier molecular flexibility index (Phi) is 3.73. The number of benzene rings is 1. The number of nitro groups is 1. The lowest BCUT2D eigenvalue weighted by Gasteiger charge is -2.24. The maximum absolute atomic E-state index is 10.6. The Morgan fingerprint density at radius 3 is 2.94 bits per heavy atom. The number of hydrogen-bond acceptors (Lipinski definition) is 5. The van der Waals surface area contributed by atoms with Crippen LogP contribution < -0.4 is 11.1 Å². The standard InChI is InChI=1S/C11H15N3O2S/c12-10-6-9(14(15)16)3-4-11(10)13-8-2-1-5-17-7-8/h3-4,6,8,13H,1-2,5,7,12H2. The molecule has 5 nitrogen and oxygen atoms in total. The van der Waals surface area contributed by atoms with Crippen molar-refractivity contribution >= 4 is 28.8 Å². The van der Waals surface area contributed by atoms with Crippen LogP contribution in [-0.4, -0.2) is 22.5 Å². The van der Waals surface area contributed by atoms with E-state index in [-0.39, 0.29) is 5.69 Å². The predicted molar refractivity (Wildman–Crippen MR) is 71.5 cm³/mol. The lowest BCUT2D eigenvalue weighted by atomic mass is 10.1. The molecule has 1 aromatic carbocycles. The maximum atomic E-state index is 10.6. The molecule has 1 unspecified atom stereocenters. The van der Waals surface area contributed by atoms with Gasteiger partial charge in [-0.25, -0.2) is 0 Å². The van der Waals surface area contributed by atoms with Crippen LogP contribution >= 0.6 is 11.8 Å². The van der Waals surface area contributed by atoms with Crippen molar-refractivity contribution in [3.63, 3.8) is 0 Å². The van der Waals surface area contributed by atoms with E-state index in [1.54, 1.807) is 6.07 Å². The van der Waals surface area contributed by atoms with Gasteiger partial charge in [-0.1, -0.05) is 0 Å². The number of nitrogens with two attached hydrogens (primary N) is 1. The summed E-state index contributed by atoms with van der Waals surface area (Å²) in [6.45, 7) is 0. The molecule has 2 rings (SSSR count). The van der Waals surface area contributed by atoms with Crippen LogP contribution in [-0.2, 0) is 0 Å². The Morgan fingerprint density at radius 1 is 1.53 bits per heavy atom. The van der Waals surface area contributed by atoms with Crippen LogP contribution in [0.1, 0.15) is 12.8 Å². The average molecular weight is 253 g/mol. The number of nitrogen functional groups attached to an aromatic ring is 1. The Balaban J connectivity index is 2.08. The minimum Gasteiger partial charge on any atom is -0.397 e. The van der Waals surface area contributed by atoms with Crippen molar-refractivity contribution in [3.8, 4) is 0 Å². The lowest BCUT2D eigenvalue weighted by molar-refractivity contribution is -0.384. The normalized spacial score (nSPS) is 19.9.